The van der Waals surface area contributed by atoms with Crippen LogP contribution < -0.4 is 5.32 Å². The molecule has 23 heavy (non-hydrogen) atoms. The first kappa shape index (κ1) is 15.8. The third-order valence-electron chi connectivity index (χ3n) is 3.57. The molecule has 1 aromatic carbocycles. The molecule has 0 unspecified atom stereocenters. The second-order valence-electron chi connectivity index (χ2n) is 5.12. The third kappa shape index (κ3) is 3.83. The van der Waals surface area contributed by atoms with Crippen LogP contribution in [-0.4, -0.2) is 35.6 Å². The molecule has 1 aromatic heterocycles. The Morgan fingerprint density at radius 2 is 2.30 bits per heavy atom. The summed E-state index contributed by atoms with van der Waals surface area (Å²) in [4.78, 5) is 17.9. The molecule has 1 aliphatic heterocycles. The third-order valence-corrected chi connectivity index (χ3v) is 4.21. The van der Waals surface area contributed by atoms with Crippen LogP contribution in [-0.2, 0) is 11.3 Å². The highest BCUT2D eigenvalue weighted by molar-refractivity contribution is 7.07. The van der Waals surface area contributed by atoms with Crippen molar-refractivity contribution in [2.24, 2.45) is 0 Å². The highest BCUT2D eigenvalue weighted by Gasteiger charge is 2.26. The fourth-order valence-electron chi connectivity index (χ4n) is 2.35. The summed E-state index contributed by atoms with van der Waals surface area (Å²) in [6.07, 6.45) is -0.469. The number of thiazole rings is 1. The monoisotopic (exact) mass is 339 g/mol. The molecule has 122 valence electrons. The van der Waals surface area contributed by atoms with E-state index in [4.69, 9.17) is 4.74 Å². The van der Waals surface area contributed by atoms with E-state index in [0.29, 0.717) is 25.3 Å². The number of benzene rings is 1. The Kier molecular flexibility index (Phi) is 4.82. The van der Waals surface area contributed by atoms with Gasteiger partial charge in [0.1, 0.15) is 6.10 Å². The molecule has 8 heteroatoms. The molecule has 0 radical (unpaired) electrons. The Morgan fingerprint density at radius 1 is 1.43 bits per heavy atom. The topological polar surface area (TPSA) is 54.5 Å². The summed E-state index contributed by atoms with van der Waals surface area (Å²) in [7, 11) is 0. The Balaban J connectivity index is 1.60. The number of ether oxygens (including phenoxy) is 1. The van der Waals surface area contributed by atoms with E-state index in [9.17, 15) is 13.6 Å². The number of hydrogen-bond donors (Lipinski definition) is 1. The van der Waals surface area contributed by atoms with Gasteiger partial charge in [-0.25, -0.2) is 18.6 Å². The number of halogens is 2. The smallest absolute Gasteiger partial charge is 0.317 e. The molecular formula is C15H15F2N3O2S. The summed E-state index contributed by atoms with van der Waals surface area (Å²) in [5, 5.41) is 4.65. The van der Waals surface area contributed by atoms with Gasteiger partial charge in [-0.3, -0.25) is 0 Å². The maximum absolute atomic E-state index is 13.3. The van der Waals surface area contributed by atoms with Crippen LogP contribution in [0.5, 0.6) is 0 Å². The van der Waals surface area contributed by atoms with Gasteiger partial charge in [-0.2, -0.15) is 0 Å². The quantitative estimate of drug-likeness (QED) is 0.935. The average molecular weight is 339 g/mol. The number of rotatable bonds is 3. The molecule has 0 spiro atoms. The molecule has 1 N–H and O–H groups in total. The van der Waals surface area contributed by atoms with Crippen molar-refractivity contribution in [3.8, 4) is 0 Å². The Hall–Kier alpha value is -2.06. The van der Waals surface area contributed by atoms with Crippen molar-refractivity contribution in [3.63, 3.8) is 0 Å². The highest BCUT2D eigenvalue weighted by Crippen LogP contribution is 2.23. The van der Waals surface area contributed by atoms with Crippen molar-refractivity contribution >= 4 is 17.4 Å². The molecule has 0 aliphatic carbocycles. The Morgan fingerprint density at radius 3 is 3.04 bits per heavy atom. The summed E-state index contributed by atoms with van der Waals surface area (Å²) in [6, 6.07) is 3.42. The molecule has 2 aromatic rings. The predicted molar refractivity (Wildman–Crippen MR) is 81.0 cm³/mol. The average Bonchev–Trinajstić information content (AvgIpc) is 3.09. The van der Waals surface area contributed by atoms with Crippen molar-refractivity contribution in [2.75, 3.05) is 19.7 Å². The van der Waals surface area contributed by atoms with Crippen LogP contribution in [0.4, 0.5) is 13.6 Å². The fraction of sp³-hybridized carbons (Fsp3) is 0.333. The van der Waals surface area contributed by atoms with E-state index in [-0.39, 0.29) is 12.6 Å². The number of morpholine rings is 1. The molecule has 1 atom stereocenters. The zero-order valence-electron chi connectivity index (χ0n) is 12.2. The van der Waals surface area contributed by atoms with E-state index in [2.05, 4.69) is 10.3 Å². The lowest BCUT2D eigenvalue weighted by molar-refractivity contribution is -0.0156. The number of nitrogens with one attached hydrogen (secondary N) is 1. The van der Waals surface area contributed by atoms with Crippen molar-refractivity contribution in [3.05, 3.63) is 52.0 Å². The molecule has 2 heterocycles. The van der Waals surface area contributed by atoms with Gasteiger partial charge in [-0.1, -0.05) is 6.07 Å². The fourth-order valence-corrected chi connectivity index (χ4v) is 2.91. The van der Waals surface area contributed by atoms with Gasteiger partial charge in [0.25, 0.3) is 0 Å². The summed E-state index contributed by atoms with van der Waals surface area (Å²) in [6.45, 7) is 1.43. The number of carbonyl (C=O) groups excluding carboxylic acids is 1. The lowest BCUT2D eigenvalue weighted by atomic mass is 10.1. The van der Waals surface area contributed by atoms with Gasteiger partial charge in [-0.15, -0.1) is 11.3 Å². The molecule has 1 fully saturated rings. The standard InChI is InChI=1S/C15H15F2N3O2S/c16-12-2-1-10(5-13(12)17)14-7-20(3-4-22-14)15(21)18-6-11-8-23-9-19-11/h1-2,5,8-9,14H,3-4,6-7H2,(H,18,21)/t14-/m0/s1. The van der Waals surface area contributed by atoms with Crippen molar-refractivity contribution in [2.45, 2.75) is 12.6 Å². The molecule has 1 aliphatic rings. The van der Waals surface area contributed by atoms with Gasteiger partial charge in [0.05, 0.1) is 30.9 Å². The summed E-state index contributed by atoms with van der Waals surface area (Å²) in [5.74, 6) is -1.82. The minimum atomic E-state index is -0.920. The van der Waals surface area contributed by atoms with E-state index >= 15 is 0 Å². The van der Waals surface area contributed by atoms with Gasteiger partial charge in [0.15, 0.2) is 11.6 Å². The number of nitrogens with zero attached hydrogens (tertiary/aromatic N) is 2. The maximum atomic E-state index is 13.3. The second-order valence-corrected chi connectivity index (χ2v) is 5.84. The predicted octanol–water partition coefficient (Wildman–Crippen LogP) is 2.70. The molecule has 0 saturated carbocycles. The van der Waals surface area contributed by atoms with Crippen molar-refractivity contribution in [1.82, 2.24) is 15.2 Å². The van der Waals surface area contributed by atoms with Gasteiger partial charge in [0, 0.05) is 11.9 Å². The highest BCUT2D eigenvalue weighted by atomic mass is 32.1. The molecule has 5 nitrogen and oxygen atoms in total. The molecule has 0 bridgehead atoms. The lowest BCUT2D eigenvalue weighted by Crippen LogP contribution is -2.47. The van der Waals surface area contributed by atoms with Crippen LogP contribution in [0.2, 0.25) is 0 Å². The minimum absolute atomic E-state index is 0.228. The second kappa shape index (κ2) is 7.01. The van der Waals surface area contributed by atoms with Crippen molar-refractivity contribution < 1.29 is 18.3 Å². The number of hydrogen-bond acceptors (Lipinski definition) is 4. The zero-order valence-corrected chi connectivity index (χ0v) is 13.0. The van der Waals surface area contributed by atoms with Crippen LogP contribution in [0.1, 0.15) is 17.4 Å². The summed E-state index contributed by atoms with van der Waals surface area (Å²) >= 11 is 1.46. The van der Waals surface area contributed by atoms with Gasteiger partial charge < -0.3 is 15.0 Å². The molecule has 2 amide bonds. The van der Waals surface area contributed by atoms with Crippen LogP contribution in [0.25, 0.3) is 0 Å². The van der Waals surface area contributed by atoms with E-state index in [1.807, 2.05) is 5.38 Å². The number of amides is 2. The summed E-state index contributed by atoms with van der Waals surface area (Å²) < 4.78 is 31.9. The van der Waals surface area contributed by atoms with E-state index in [1.54, 1.807) is 10.4 Å². The molecule has 1 saturated heterocycles. The molecular weight excluding hydrogens is 324 g/mol. The van der Waals surface area contributed by atoms with E-state index < -0.39 is 17.7 Å². The largest absolute Gasteiger partial charge is 0.370 e. The van der Waals surface area contributed by atoms with Crippen molar-refractivity contribution in [1.29, 1.82) is 0 Å². The Bertz CT molecular complexity index is 681. The minimum Gasteiger partial charge on any atom is -0.370 e. The number of urea groups is 1. The summed E-state index contributed by atoms with van der Waals surface area (Å²) in [5.41, 5.74) is 3.02. The normalized spacial score (nSPS) is 18.0. The number of carbonyl (C=O) groups is 1. The number of aromatic nitrogens is 1. The first-order valence-corrected chi connectivity index (χ1v) is 8.04. The van der Waals surface area contributed by atoms with Gasteiger partial charge >= 0.3 is 6.03 Å². The first-order valence-electron chi connectivity index (χ1n) is 7.10. The zero-order chi connectivity index (χ0) is 16.2. The van der Waals surface area contributed by atoms with Gasteiger partial charge in [-0.05, 0) is 17.7 Å². The molecule has 3 rings (SSSR count). The SMILES string of the molecule is O=C(NCc1cscn1)N1CCO[C@H](c2ccc(F)c(F)c2)C1. The van der Waals surface area contributed by atoms with Crippen LogP contribution in [0, 0.1) is 11.6 Å². The van der Waals surface area contributed by atoms with Crippen LogP contribution in [0.3, 0.4) is 0 Å². The lowest BCUT2D eigenvalue weighted by Gasteiger charge is -2.33. The maximum Gasteiger partial charge on any atom is 0.317 e. The van der Waals surface area contributed by atoms with E-state index in [0.717, 1.165) is 17.8 Å². The van der Waals surface area contributed by atoms with Gasteiger partial charge in [0.2, 0.25) is 0 Å². The first-order chi connectivity index (χ1) is 11.1. The van der Waals surface area contributed by atoms with Crippen LogP contribution >= 0.6 is 11.3 Å². The van der Waals surface area contributed by atoms with Crippen LogP contribution in [0.15, 0.2) is 29.1 Å². The van der Waals surface area contributed by atoms with E-state index in [1.165, 1.54) is 17.4 Å². The Labute approximate surface area is 135 Å².